The van der Waals surface area contributed by atoms with Gasteiger partial charge in [0, 0.05) is 0 Å². The van der Waals surface area contributed by atoms with Crippen molar-refractivity contribution < 1.29 is 0 Å². The molecule has 2 heterocycles. The van der Waals surface area contributed by atoms with Crippen LogP contribution in [0, 0.1) is 0 Å². The van der Waals surface area contributed by atoms with Gasteiger partial charge in [-0.25, -0.2) is 0 Å². The van der Waals surface area contributed by atoms with E-state index in [2.05, 4.69) is 97.1 Å². The Bertz CT molecular complexity index is 1080. The zero-order valence-electron chi connectivity index (χ0n) is 19.1. The maximum atomic E-state index is 2.37. The van der Waals surface area contributed by atoms with E-state index >= 15 is 0 Å². The first-order chi connectivity index (χ1) is 16.3. The first-order valence-electron chi connectivity index (χ1n) is 12.1. The fourth-order valence-corrected chi connectivity index (χ4v) is 10.9. The molecule has 0 spiro atoms. The topological polar surface area (TPSA) is 0 Å². The summed E-state index contributed by atoms with van der Waals surface area (Å²) < 4.78 is 0. The number of hydrogen-bond donors (Lipinski definition) is 0. The van der Waals surface area contributed by atoms with Crippen LogP contribution in [0.25, 0.3) is 22.3 Å². The van der Waals surface area contributed by atoms with Crippen LogP contribution in [0.1, 0.15) is 28.7 Å². The second-order valence-corrected chi connectivity index (χ2v) is 14.2. The minimum absolute atomic E-state index is 0.0000467. The summed E-state index contributed by atoms with van der Waals surface area (Å²) in [7, 11) is 0.0000933. The van der Waals surface area contributed by atoms with E-state index in [1.54, 1.807) is 22.3 Å². The van der Waals surface area contributed by atoms with E-state index < -0.39 is 0 Å². The van der Waals surface area contributed by atoms with Gasteiger partial charge in [-0.05, 0) is 87.9 Å². The Morgan fingerprint density at radius 3 is 0.970 bits per heavy atom. The molecule has 0 aliphatic carbocycles. The van der Waals surface area contributed by atoms with Gasteiger partial charge in [0.25, 0.3) is 0 Å². The predicted octanol–water partition coefficient (Wildman–Crippen LogP) is 9.10. The van der Waals surface area contributed by atoms with Crippen molar-refractivity contribution in [3.05, 3.63) is 119 Å². The lowest BCUT2D eigenvalue weighted by Crippen LogP contribution is -1.97. The molecule has 2 aliphatic rings. The molecule has 0 saturated heterocycles. The summed E-state index contributed by atoms with van der Waals surface area (Å²) in [4.78, 5) is 0. The zero-order valence-corrected chi connectivity index (χ0v) is 20.9. The first kappa shape index (κ1) is 21.3. The standard InChI is InChI=1S/C31H30P2/c1-5-14-28-24(10-1)20-32(21-25-11-2-6-15-29(25)28)18-9-19-33-22-26-12-3-7-16-30(26)31-17-8-4-13-27(31)23-33/h1-8,10-17H,9,18-23H2. The summed E-state index contributed by atoms with van der Waals surface area (Å²) in [5.74, 6) is 0. The molecule has 0 radical (unpaired) electrons. The highest BCUT2D eigenvalue weighted by Crippen LogP contribution is 2.53. The van der Waals surface area contributed by atoms with Crippen molar-refractivity contribution >= 4 is 15.8 Å². The fraction of sp³-hybridized carbons (Fsp3) is 0.226. The van der Waals surface area contributed by atoms with Crippen molar-refractivity contribution in [3.8, 4) is 22.3 Å². The minimum Gasteiger partial charge on any atom is -0.0977 e. The van der Waals surface area contributed by atoms with Gasteiger partial charge in [0.05, 0.1) is 0 Å². The van der Waals surface area contributed by atoms with Gasteiger partial charge in [0.2, 0.25) is 0 Å². The Hall–Kier alpha value is -2.26. The molecule has 0 nitrogen and oxygen atoms in total. The van der Waals surface area contributed by atoms with Crippen LogP contribution in [-0.4, -0.2) is 12.3 Å². The van der Waals surface area contributed by atoms with Crippen LogP contribution in [0.2, 0.25) is 0 Å². The van der Waals surface area contributed by atoms with Gasteiger partial charge in [-0.3, -0.25) is 0 Å². The third kappa shape index (κ3) is 4.45. The SMILES string of the molecule is c1ccc2c(c1)CP(CCCP1Cc3ccccc3-c3ccccc3C1)Cc1ccccc1-2. The first-order valence-corrected chi connectivity index (χ1v) is 15.9. The molecule has 2 aliphatic heterocycles. The average Bonchev–Trinajstić information content (AvgIpc) is 3.11. The van der Waals surface area contributed by atoms with E-state index in [4.69, 9.17) is 0 Å². The third-order valence-corrected chi connectivity index (χ3v) is 12.2. The summed E-state index contributed by atoms with van der Waals surface area (Å²) in [6.45, 7) is 0. The van der Waals surface area contributed by atoms with Gasteiger partial charge in [-0.15, -0.1) is 0 Å². The molecule has 4 aromatic carbocycles. The van der Waals surface area contributed by atoms with Gasteiger partial charge in [-0.1, -0.05) is 113 Å². The van der Waals surface area contributed by atoms with E-state index in [1.807, 2.05) is 0 Å². The quantitative estimate of drug-likeness (QED) is 0.264. The Labute approximate surface area is 200 Å². The second kappa shape index (κ2) is 9.54. The smallest absolute Gasteiger partial charge is 0.00639 e. The molecule has 33 heavy (non-hydrogen) atoms. The average molecular weight is 465 g/mol. The molecule has 0 fully saturated rings. The van der Waals surface area contributed by atoms with Crippen LogP contribution in [0.15, 0.2) is 97.1 Å². The molecule has 0 aromatic heterocycles. The van der Waals surface area contributed by atoms with Crippen molar-refractivity contribution in [1.82, 2.24) is 0 Å². The highest BCUT2D eigenvalue weighted by molar-refractivity contribution is 7.57. The van der Waals surface area contributed by atoms with Gasteiger partial charge in [0.15, 0.2) is 0 Å². The van der Waals surface area contributed by atoms with E-state index in [1.165, 1.54) is 65.6 Å². The molecule has 0 bridgehead atoms. The largest absolute Gasteiger partial charge is 0.0977 e. The summed E-state index contributed by atoms with van der Waals surface area (Å²) >= 11 is 0. The fourth-order valence-electron chi connectivity index (χ4n) is 5.59. The Balaban J connectivity index is 1.18. The Morgan fingerprint density at radius 2 is 0.667 bits per heavy atom. The molecule has 0 amide bonds. The molecule has 4 aromatic rings. The van der Waals surface area contributed by atoms with E-state index in [0.29, 0.717) is 0 Å². The lowest BCUT2D eigenvalue weighted by molar-refractivity contribution is 1.08. The zero-order chi connectivity index (χ0) is 22.0. The Morgan fingerprint density at radius 1 is 0.394 bits per heavy atom. The summed E-state index contributed by atoms with van der Waals surface area (Å²) in [6.07, 6.45) is 9.31. The van der Waals surface area contributed by atoms with Gasteiger partial charge in [-0.2, -0.15) is 0 Å². The van der Waals surface area contributed by atoms with Crippen molar-refractivity contribution in [2.24, 2.45) is 0 Å². The third-order valence-electron chi connectivity index (χ3n) is 7.17. The number of hydrogen-bond acceptors (Lipinski definition) is 0. The van der Waals surface area contributed by atoms with Gasteiger partial charge < -0.3 is 0 Å². The van der Waals surface area contributed by atoms with Crippen molar-refractivity contribution in [1.29, 1.82) is 0 Å². The monoisotopic (exact) mass is 464 g/mol. The summed E-state index contributed by atoms with van der Waals surface area (Å²) in [5.41, 5.74) is 12.2. The molecule has 2 heteroatoms. The summed E-state index contributed by atoms with van der Waals surface area (Å²) in [6, 6.07) is 36.5. The van der Waals surface area contributed by atoms with E-state index in [0.717, 1.165) is 0 Å². The molecule has 0 N–H and O–H groups in total. The molecular weight excluding hydrogens is 434 g/mol. The maximum Gasteiger partial charge on any atom is -0.00639 e. The van der Waals surface area contributed by atoms with E-state index in [9.17, 15) is 0 Å². The van der Waals surface area contributed by atoms with Crippen LogP contribution in [0.3, 0.4) is 0 Å². The molecular formula is C31H30P2. The van der Waals surface area contributed by atoms with Crippen LogP contribution in [0.4, 0.5) is 0 Å². The van der Waals surface area contributed by atoms with Crippen molar-refractivity contribution in [3.63, 3.8) is 0 Å². The Kier molecular flexibility index (Phi) is 6.15. The molecule has 0 saturated carbocycles. The molecule has 0 unspecified atom stereocenters. The van der Waals surface area contributed by atoms with Crippen molar-refractivity contribution in [2.75, 3.05) is 12.3 Å². The van der Waals surface area contributed by atoms with Crippen LogP contribution in [0.5, 0.6) is 0 Å². The molecule has 0 atom stereocenters. The maximum absolute atomic E-state index is 2.37. The number of fused-ring (bicyclic) bond motifs is 6. The molecule has 6 rings (SSSR count). The molecule has 164 valence electrons. The summed E-state index contributed by atoms with van der Waals surface area (Å²) in [5, 5.41) is 0. The van der Waals surface area contributed by atoms with Gasteiger partial charge in [0.1, 0.15) is 0 Å². The predicted molar refractivity (Wildman–Crippen MR) is 147 cm³/mol. The minimum atomic E-state index is 0.0000467. The highest BCUT2D eigenvalue weighted by Gasteiger charge is 2.23. The lowest BCUT2D eigenvalue weighted by atomic mass is 9.97. The lowest BCUT2D eigenvalue weighted by Gasteiger charge is -2.20. The van der Waals surface area contributed by atoms with Crippen molar-refractivity contribution in [2.45, 2.75) is 31.1 Å². The van der Waals surface area contributed by atoms with Gasteiger partial charge >= 0.3 is 0 Å². The number of rotatable bonds is 4. The normalized spacial score (nSPS) is 15.5. The van der Waals surface area contributed by atoms with Crippen LogP contribution >= 0.6 is 15.8 Å². The van der Waals surface area contributed by atoms with E-state index in [-0.39, 0.29) is 15.8 Å². The van der Waals surface area contributed by atoms with Crippen LogP contribution < -0.4 is 0 Å². The second-order valence-electron chi connectivity index (χ2n) is 9.40. The highest BCUT2D eigenvalue weighted by atomic mass is 31.1. The number of benzene rings is 4. The van der Waals surface area contributed by atoms with Crippen LogP contribution in [-0.2, 0) is 24.6 Å².